The van der Waals surface area contributed by atoms with E-state index in [4.69, 9.17) is 4.74 Å². The van der Waals surface area contributed by atoms with Crippen LogP contribution in [0.4, 0.5) is 4.79 Å². The van der Waals surface area contributed by atoms with Crippen LogP contribution in [0.25, 0.3) is 0 Å². The van der Waals surface area contributed by atoms with Gasteiger partial charge in [0.2, 0.25) is 10.0 Å². The van der Waals surface area contributed by atoms with Gasteiger partial charge in [-0.3, -0.25) is 0 Å². The van der Waals surface area contributed by atoms with Gasteiger partial charge in [0.05, 0.1) is 5.75 Å². The summed E-state index contributed by atoms with van der Waals surface area (Å²) in [4.78, 5) is 11.6. The highest BCUT2D eigenvalue weighted by atomic mass is 32.2. The number of rotatable bonds is 3. The van der Waals surface area contributed by atoms with Crippen molar-refractivity contribution in [1.82, 2.24) is 4.72 Å². The van der Waals surface area contributed by atoms with E-state index in [1.54, 1.807) is 20.8 Å². The fourth-order valence-electron chi connectivity index (χ4n) is 2.55. The lowest BCUT2D eigenvalue weighted by molar-refractivity contribution is 0.0570. The molecule has 0 radical (unpaired) electrons. The van der Waals surface area contributed by atoms with Crippen molar-refractivity contribution >= 4 is 16.1 Å². The maximum absolute atomic E-state index is 12.1. The molecule has 2 rings (SSSR count). The lowest BCUT2D eigenvalue weighted by Crippen LogP contribution is -2.38. The van der Waals surface area contributed by atoms with Gasteiger partial charge < -0.3 is 4.74 Å². The van der Waals surface area contributed by atoms with Crippen molar-refractivity contribution in [2.24, 2.45) is 0 Å². The van der Waals surface area contributed by atoms with Gasteiger partial charge in [0.15, 0.2) is 0 Å². The van der Waals surface area contributed by atoms with Crippen molar-refractivity contribution in [3.05, 3.63) is 35.4 Å². The minimum absolute atomic E-state index is 0.0684. The third kappa shape index (κ3) is 4.46. The van der Waals surface area contributed by atoms with E-state index in [9.17, 15) is 13.2 Å². The average molecular weight is 311 g/mol. The summed E-state index contributed by atoms with van der Waals surface area (Å²) >= 11 is 0. The zero-order chi connectivity index (χ0) is 15.7. The first-order valence-electron chi connectivity index (χ1n) is 6.97. The molecule has 0 heterocycles. The lowest BCUT2D eigenvalue weighted by atomic mass is 10.0. The van der Waals surface area contributed by atoms with Crippen molar-refractivity contribution in [1.29, 1.82) is 0 Å². The van der Waals surface area contributed by atoms with Gasteiger partial charge in [-0.25, -0.2) is 17.9 Å². The maximum Gasteiger partial charge on any atom is 0.421 e. The summed E-state index contributed by atoms with van der Waals surface area (Å²) in [5, 5.41) is 0. The zero-order valence-corrected chi connectivity index (χ0v) is 13.4. The molecule has 0 spiro atoms. The van der Waals surface area contributed by atoms with E-state index in [-0.39, 0.29) is 11.7 Å². The van der Waals surface area contributed by atoms with Crippen LogP contribution in [0, 0.1) is 0 Å². The zero-order valence-electron chi connectivity index (χ0n) is 12.5. The SMILES string of the molecule is CC(C)(C)OC(=O)NS(=O)(=O)CC1CCc2ccccc21. The second kappa shape index (κ2) is 5.67. The Balaban J connectivity index is 2.01. The molecule has 0 aliphatic heterocycles. The normalized spacial score (nSPS) is 18.1. The molecule has 1 aliphatic rings. The van der Waals surface area contributed by atoms with Gasteiger partial charge in [0.25, 0.3) is 0 Å². The predicted octanol–water partition coefficient (Wildman–Crippen LogP) is 2.57. The summed E-state index contributed by atoms with van der Waals surface area (Å²) in [5.41, 5.74) is 1.53. The summed E-state index contributed by atoms with van der Waals surface area (Å²) in [7, 11) is -3.70. The summed E-state index contributed by atoms with van der Waals surface area (Å²) in [6.07, 6.45) is 0.742. The Hall–Kier alpha value is -1.56. The topological polar surface area (TPSA) is 72.5 Å². The third-order valence-electron chi connectivity index (χ3n) is 3.32. The smallest absolute Gasteiger partial charge is 0.421 e. The molecule has 0 saturated carbocycles. The number of hydrogen-bond acceptors (Lipinski definition) is 4. The molecule has 1 unspecified atom stereocenters. The van der Waals surface area contributed by atoms with Gasteiger partial charge in [0.1, 0.15) is 5.60 Å². The molecule has 116 valence electrons. The summed E-state index contributed by atoms with van der Waals surface area (Å²) in [6.45, 7) is 5.06. The van der Waals surface area contributed by atoms with Crippen molar-refractivity contribution in [3.8, 4) is 0 Å². The first kappa shape index (κ1) is 15.8. The Morgan fingerprint density at radius 2 is 2.00 bits per heavy atom. The molecule has 1 aliphatic carbocycles. The van der Waals surface area contributed by atoms with Crippen LogP contribution < -0.4 is 4.72 Å². The molecule has 1 aromatic carbocycles. The minimum atomic E-state index is -3.70. The van der Waals surface area contributed by atoms with E-state index in [2.05, 4.69) is 0 Å². The largest absolute Gasteiger partial charge is 0.443 e. The standard InChI is InChI=1S/C15H21NO4S/c1-15(2,3)20-14(17)16-21(18,19)10-12-9-8-11-6-4-5-7-13(11)12/h4-7,12H,8-10H2,1-3H3,(H,16,17). The molecule has 1 atom stereocenters. The highest BCUT2D eigenvalue weighted by Crippen LogP contribution is 2.33. The Kier molecular flexibility index (Phi) is 4.27. The summed E-state index contributed by atoms with van der Waals surface area (Å²) in [6, 6.07) is 7.83. The Morgan fingerprint density at radius 3 is 2.67 bits per heavy atom. The van der Waals surface area contributed by atoms with Crippen LogP contribution in [0.15, 0.2) is 24.3 Å². The number of aryl methyl sites for hydroxylation is 1. The molecule has 0 saturated heterocycles. The molecule has 21 heavy (non-hydrogen) atoms. The van der Waals surface area contributed by atoms with Gasteiger partial charge >= 0.3 is 6.09 Å². The van der Waals surface area contributed by atoms with E-state index in [1.807, 2.05) is 29.0 Å². The molecule has 5 nitrogen and oxygen atoms in total. The van der Waals surface area contributed by atoms with Gasteiger partial charge in [-0.05, 0) is 44.7 Å². The van der Waals surface area contributed by atoms with Crippen LogP contribution in [0.3, 0.4) is 0 Å². The maximum atomic E-state index is 12.1. The molecular weight excluding hydrogens is 290 g/mol. The lowest BCUT2D eigenvalue weighted by Gasteiger charge is -2.20. The molecule has 1 amide bonds. The fourth-order valence-corrected chi connectivity index (χ4v) is 3.81. The summed E-state index contributed by atoms with van der Waals surface area (Å²) in [5.74, 6) is -0.162. The van der Waals surface area contributed by atoms with Crippen LogP contribution in [-0.4, -0.2) is 25.9 Å². The van der Waals surface area contributed by atoms with Crippen molar-refractivity contribution < 1.29 is 17.9 Å². The number of nitrogens with one attached hydrogen (secondary N) is 1. The molecule has 6 heteroatoms. The van der Waals surface area contributed by atoms with E-state index in [0.29, 0.717) is 0 Å². The fraction of sp³-hybridized carbons (Fsp3) is 0.533. The van der Waals surface area contributed by atoms with Crippen molar-refractivity contribution in [2.45, 2.75) is 45.1 Å². The van der Waals surface area contributed by atoms with Gasteiger partial charge in [-0.1, -0.05) is 24.3 Å². The number of hydrogen-bond donors (Lipinski definition) is 1. The molecule has 0 fully saturated rings. The number of amides is 1. The Labute approximate surface area is 125 Å². The monoisotopic (exact) mass is 311 g/mol. The first-order valence-corrected chi connectivity index (χ1v) is 8.63. The van der Waals surface area contributed by atoms with Crippen LogP contribution in [-0.2, 0) is 21.2 Å². The van der Waals surface area contributed by atoms with Crippen LogP contribution in [0.1, 0.15) is 44.2 Å². The van der Waals surface area contributed by atoms with Crippen molar-refractivity contribution in [3.63, 3.8) is 0 Å². The number of carbonyl (C=O) groups excluding carboxylic acids is 1. The van der Waals surface area contributed by atoms with Gasteiger partial charge in [-0.2, -0.15) is 0 Å². The van der Waals surface area contributed by atoms with Crippen molar-refractivity contribution in [2.75, 3.05) is 5.75 Å². The molecule has 0 aromatic heterocycles. The number of sulfonamides is 1. The second-order valence-electron chi connectivity index (χ2n) is 6.32. The number of ether oxygens (including phenoxy) is 1. The van der Waals surface area contributed by atoms with E-state index < -0.39 is 21.7 Å². The van der Waals surface area contributed by atoms with Crippen LogP contribution >= 0.6 is 0 Å². The van der Waals surface area contributed by atoms with Crippen LogP contribution in [0.2, 0.25) is 0 Å². The third-order valence-corrected chi connectivity index (χ3v) is 4.63. The summed E-state index contributed by atoms with van der Waals surface area (Å²) < 4.78 is 31.1. The molecule has 1 N–H and O–H groups in total. The number of carbonyl (C=O) groups is 1. The van der Waals surface area contributed by atoms with E-state index in [0.717, 1.165) is 18.4 Å². The molecule has 0 bridgehead atoms. The Morgan fingerprint density at radius 1 is 1.33 bits per heavy atom. The van der Waals surface area contributed by atoms with Gasteiger partial charge in [0, 0.05) is 5.92 Å². The molecular formula is C15H21NO4S. The minimum Gasteiger partial charge on any atom is -0.443 e. The number of benzene rings is 1. The second-order valence-corrected chi connectivity index (χ2v) is 8.09. The molecule has 1 aromatic rings. The van der Waals surface area contributed by atoms with E-state index in [1.165, 1.54) is 5.56 Å². The van der Waals surface area contributed by atoms with Crippen LogP contribution in [0.5, 0.6) is 0 Å². The highest BCUT2D eigenvalue weighted by molar-refractivity contribution is 7.90. The quantitative estimate of drug-likeness (QED) is 0.931. The van der Waals surface area contributed by atoms with Gasteiger partial charge in [-0.15, -0.1) is 0 Å². The predicted molar refractivity (Wildman–Crippen MR) is 80.7 cm³/mol. The first-order chi connectivity index (χ1) is 9.66. The average Bonchev–Trinajstić information content (AvgIpc) is 2.68. The highest BCUT2D eigenvalue weighted by Gasteiger charge is 2.29. The Bertz CT molecular complexity index is 631. The number of fused-ring (bicyclic) bond motifs is 1. The van der Waals surface area contributed by atoms with E-state index >= 15 is 0 Å².